The monoisotopic (exact) mass is 524 g/mol. The van der Waals surface area contributed by atoms with Crippen molar-refractivity contribution in [2.45, 2.75) is 18.6 Å². The molecule has 2 aromatic rings. The highest BCUT2D eigenvalue weighted by Crippen LogP contribution is 2.42. The van der Waals surface area contributed by atoms with Crippen molar-refractivity contribution in [3.8, 4) is 6.07 Å². The molecule has 0 saturated carbocycles. The van der Waals surface area contributed by atoms with Crippen LogP contribution in [0.15, 0.2) is 57.5 Å². The third-order valence-corrected chi connectivity index (χ3v) is 6.64. The first-order chi connectivity index (χ1) is 14.3. The standard InChI is InChI=1S/C21H15BrCl2N2O3S/c1-2-29-21(28)16(11-25)20-26(15-7-4-13(22)5-8-15)19(27)18(30-20)9-12-3-6-14(23)10-17(12)24/h3-8,10,18H,2,9H2,1H3/b20-16-. The second-order valence-electron chi connectivity index (χ2n) is 6.21. The molecule has 0 aromatic heterocycles. The van der Waals surface area contributed by atoms with Gasteiger partial charge in [0, 0.05) is 20.2 Å². The molecule has 0 spiro atoms. The molecule has 3 rings (SSSR count). The van der Waals surface area contributed by atoms with Crippen molar-refractivity contribution in [1.82, 2.24) is 0 Å². The Hall–Kier alpha value is -1.98. The molecule has 1 aliphatic heterocycles. The van der Waals surface area contributed by atoms with Crippen molar-refractivity contribution < 1.29 is 14.3 Å². The summed E-state index contributed by atoms with van der Waals surface area (Å²) in [6.45, 7) is 1.78. The number of ether oxygens (including phenoxy) is 1. The molecule has 1 atom stereocenters. The van der Waals surface area contributed by atoms with Gasteiger partial charge in [-0.2, -0.15) is 5.26 Å². The Morgan fingerprint density at radius 1 is 1.27 bits per heavy atom. The molecule has 1 fully saturated rings. The van der Waals surface area contributed by atoms with Gasteiger partial charge in [-0.15, -0.1) is 0 Å². The van der Waals surface area contributed by atoms with Crippen molar-refractivity contribution >= 4 is 68.5 Å². The van der Waals surface area contributed by atoms with Crippen LogP contribution in [-0.4, -0.2) is 23.7 Å². The van der Waals surface area contributed by atoms with Crippen molar-refractivity contribution in [3.05, 3.63) is 73.1 Å². The van der Waals surface area contributed by atoms with Crippen LogP contribution in [0, 0.1) is 11.3 Å². The molecule has 0 aliphatic carbocycles. The van der Waals surface area contributed by atoms with Gasteiger partial charge in [-0.25, -0.2) is 4.79 Å². The molecule has 0 radical (unpaired) electrons. The lowest BCUT2D eigenvalue weighted by Crippen LogP contribution is -2.30. The maximum absolute atomic E-state index is 13.3. The van der Waals surface area contributed by atoms with Crippen molar-refractivity contribution in [3.63, 3.8) is 0 Å². The predicted molar refractivity (Wildman–Crippen MR) is 122 cm³/mol. The lowest BCUT2D eigenvalue weighted by Gasteiger charge is -2.18. The van der Waals surface area contributed by atoms with E-state index in [1.807, 2.05) is 6.07 Å². The number of nitrogens with zero attached hydrogens (tertiary/aromatic N) is 2. The summed E-state index contributed by atoms with van der Waals surface area (Å²) in [4.78, 5) is 27.1. The first-order valence-corrected chi connectivity index (χ1v) is 11.3. The maximum atomic E-state index is 13.3. The van der Waals surface area contributed by atoms with Gasteiger partial charge in [-0.05, 0) is 55.3 Å². The van der Waals surface area contributed by atoms with Crippen LogP contribution in [0.3, 0.4) is 0 Å². The van der Waals surface area contributed by atoms with Crippen LogP contribution < -0.4 is 4.90 Å². The number of carbonyl (C=O) groups is 2. The first-order valence-electron chi connectivity index (χ1n) is 8.87. The molecule has 9 heteroatoms. The number of halogens is 3. The fraction of sp³-hybridized carbons (Fsp3) is 0.190. The van der Waals surface area contributed by atoms with Crippen LogP contribution in [0.4, 0.5) is 5.69 Å². The van der Waals surface area contributed by atoms with Gasteiger partial charge in [0.05, 0.1) is 11.9 Å². The fourth-order valence-electron chi connectivity index (χ4n) is 2.89. The molecule has 2 aromatic carbocycles. The zero-order valence-electron chi connectivity index (χ0n) is 15.7. The van der Waals surface area contributed by atoms with Crippen molar-refractivity contribution in [2.75, 3.05) is 11.5 Å². The lowest BCUT2D eigenvalue weighted by atomic mass is 10.1. The number of esters is 1. The number of hydrogen-bond donors (Lipinski definition) is 0. The van der Waals surface area contributed by atoms with Crippen molar-refractivity contribution in [2.24, 2.45) is 0 Å². The Morgan fingerprint density at radius 3 is 2.57 bits per heavy atom. The molecule has 1 heterocycles. The lowest BCUT2D eigenvalue weighted by molar-refractivity contribution is -0.138. The van der Waals surface area contributed by atoms with E-state index in [4.69, 9.17) is 27.9 Å². The minimum absolute atomic E-state index is 0.123. The Labute approximate surface area is 196 Å². The molecule has 0 bridgehead atoms. The van der Waals surface area contributed by atoms with E-state index < -0.39 is 11.2 Å². The highest BCUT2D eigenvalue weighted by molar-refractivity contribution is 9.10. The summed E-state index contributed by atoms with van der Waals surface area (Å²) in [6.07, 6.45) is 0.317. The van der Waals surface area contributed by atoms with E-state index in [2.05, 4.69) is 15.9 Å². The predicted octanol–water partition coefficient (Wildman–Crippen LogP) is 5.75. The quantitative estimate of drug-likeness (QED) is 0.282. The zero-order chi connectivity index (χ0) is 21.8. The number of amides is 1. The summed E-state index contributed by atoms with van der Waals surface area (Å²) in [6, 6.07) is 14.0. The third-order valence-electron chi connectivity index (χ3n) is 4.26. The number of benzene rings is 2. The fourth-order valence-corrected chi connectivity index (χ4v) is 4.92. The number of thioether (sulfide) groups is 1. The summed E-state index contributed by atoms with van der Waals surface area (Å²) in [5, 5.41) is 10.3. The topological polar surface area (TPSA) is 70.4 Å². The molecule has 1 saturated heterocycles. The summed E-state index contributed by atoms with van der Waals surface area (Å²) in [7, 11) is 0. The van der Waals surface area contributed by atoms with Crippen LogP contribution in [0.5, 0.6) is 0 Å². The number of rotatable bonds is 5. The van der Waals surface area contributed by atoms with E-state index in [0.29, 0.717) is 22.2 Å². The summed E-state index contributed by atoms with van der Waals surface area (Å²) >= 11 is 16.8. The van der Waals surface area contributed by atoms with Gasteiger partial charge in [0.2, 0.25) is 5.91 Å². The minimum atomic E-state index is -0.761. The Kier molecular flexibility index (Phi) is 7.48. The largest absolute Gasteiger partial charge is 0.462 e. The van der Waals surface area contributed by atoms with Gasteiger partial charge in [0.15, 0.2) is 5.57 Å². The van der Waals surface area contributed by atoms with Crippen LogP contribution in [-0.2, 0) is 20.7 Å². The molecule has 154 valence electrons. The number of hydrogen-bond acceptors (Lipinski definition) is 5. The van der Waals surface area contributed by atoms with Gasteiger partial charge in [0.1, 0.15) is 11.1 Å². The maximum Gasteiger partial charge on any atom is 0.351 e. The zero-order valence-corrected chi connectivity index (χ0v) is 19.6. The van der Waals surface area contributed by atoms with Gasteiger partial charge in [-0.1, -0.05) is 57.0 Å². The summed E-state index contributed by atoms with van der Waals surface area (Å²) in [5.41, 5.74) is 1.09. The number of anilines is 1. The van der Waals surface area contributed by atoms with E-state index in [9.17, 15) is 14.9 Å². The Bertz CT molecular complexity index is 1070. The molecule has 1 unspecified atom stereocenters. The molecule has 1 aliphatic rings. The minimum Gasteiger partial charge on any atom is -0.462 e. The van der Waals surface area contributed by atoms with Crippen LogP contribution in [0.1, 0.15) is 12.5 Å². The molecule has 5 nitrogen and oxygen atoms in total. The van der Waals surface area contributed by atoms with E-state index in [0.717, 1.165) is 21.8 Å². The van der Waals surface area contributed by atoms with E-state index in [1.54, 1.807) is 49.4 Å². The second-order valence-corrected chi connectivity index (χ2v) is 9.16. The highest BCUT2D eigenvalue weighted by Gasteiger charge is 2.41. The van der Waals surface area contributed by atoms with Crippen LogP contribution >= 0.6 is 50.9 Å². The average molecular weight is 526 g/mol. The molecule has 0 N–H and O–H groups in total. The van der Waals surface area contributed by atoms with E-state index in [-0.39, 0.29) is 23.1 Å². The number of carbonyl (C=O) groups excluding carboxylic acids is 2. The van der Waals surface area contributed by atoms with Gasteiger partial charge < -0.3 is 4.74 Å². The van der Waals surface area contributed by atoms with Crippen LogP contribution in [0.25, 0.3) is 0 Å². The average Bonchev–Trinajstić information content (AvgIpc) is 3.01. The molecule has 30 heavy (non-hydrogen) atoms. The van der Waals surface area contributed by atoms with Gasteiger partial charge in [-0.3, -0.25) is 9.69 Å². The molecule has 1 amide bonds. The summed E-state index contributed by atoms with van der Waals surface area (Å²) < 4.78 is 5.86. The molecular formula is C21H15BrCl2N2O3S. The first kappa shape index (κ1) is 22.7. The SMILES string of the molecule is CCOC(=O)/C(C#N)=C1\SC(Cc2ccc(Cl)cc2Cl)C(=O)N1c1ccc(Br)cc1. The Morgan fingerprint density at radius 2 is 1.97 bits per heavy atom. The van der Waals surface area contributed by atoms with Gasteiger partial charge >= 0.3 is 5.97 Å². The third kappa shape index (κ3) is 4.84. The number of nitriles is 1. The van der Waals surface area contributed by atoms with Crippen molar-refractivity contribution in [1.29, 1.82) is 5.26 Å². The molecular weight excluding hydrogens is 511 g/mol. The smallest absolute Gasteiger partial charge is 0.351 e. The van der Waals surface area contributed by atoms with Gasteiger partial charge in [0.25, 0.3) is 0 Å². The normalized spacial score (nSPS) is 17.6. The Balaban J connectivity index is 2.04. The second kappa shape index (κ2) is 9.88. The summed E-state index contributed by atoms with van der Waals surface area (Å²) in [5.74, 6) is -1.01. The van der Waals surface area contributed by atoms with E-state index in [1.165, 1.54) is 4.90 Å². The van der Waals surface area contributed by atoms with Crippen LogP contribution in [0.2, 0.25) is 10.0 Å². The highest BCUT2D eigenvalue weighted by atomic mass is 79.9. The van der Waals surface area contributed by atoms with E-state index >= 15 is 0 Å².